The fourth-order valence-corrected chi connectivity index (χ4v) is 2.64. The Morgan fingerprint density at radius 2 is 1.84 bits per heavy atom. The Bertz CT molecular complexity index is 744. The van der Waals surface area contributed by atoms with E-state index in [1.54, 1.807) is 29.0 Å². The summed E-state index contributed by atoms with van der Waals surface area (Å²) in [6.07, 6.45) is 3.10. The van der Waals surface area contributed by atoms with Crippen molar-refractivity contribution in [3.8, 4) is 0 Å². The quantitative estimate of drug-likeness (QED) is 0.885. The van der Waals surface area contributed by atoms with Crippen molar-refractivity contribution in [1.82, 2.24) is 24.8 Å². The molecule has 1 N–H and O–H groups in total. The number of anilines is 1. The number of hydrogen-bond acceptors (Lipinski definition) is 6. The van der Waals surface area contributed by atoms with Crippen molar-refractivity contribution in [3.05, 3.63) is 48.2 Å². The summed E-state index contributed by atoms with van der Waals surface area (Å²) in [6, 6.07) is 7.33. The zero-order valence-electron chi connectivity index (χ0n) is 14.1. The number of nitrogens with zero attached hydrogens (tertiary/aromatic N) is 5. The molecule has 0 aromatic carbocycles. The molecule has 8 nitrogen and oxygen atoms in total. The average molecular weight is 340 g/mol. The van der Waals surface area contributed by atoms with Gasteiger partial charge < -0.3 is 15.1 Å². The molecule has 130 valence electrons. The first-order valence-electron chi connectivity index (χ1n) is 8.14. The molecule has 8 heteroatoms. The van der Waals surface area contributed by atoms with E-state index in [4.69, 9.17) is 0 Å². The van der Waals surface area contributed by atoms with Crippen LogP contribution in [0.5, 0.6) is 0 Å². The van der Waals surface area contributed by atoms with E-state index < -0.39 is 0 Å². The summed E-state index contributed by atoms with van der Waals surface area (Å²) in [5.41, 5.74) is 1.23. The van der Waals surface area contributed by atoms with E-state index in [0.717, 1.165) is 5.69 Å². The lowest BCUT2D eigenvalue weighted by molar-refractivity contribution is -0.130. The third-order valence-electron chi connectivity index (χ3n) is 4.08. The van der Waals surface area contributed by atoms with Gasteiger partial charge in [-0.15, -0.1) is 0 Å². The van der Waals surface area contributed by atoms with Crippen LogP contribution in [0.3, 0.4) is 0 Å². The second-order valence-corrected chi connectivity index (χ2v) is 5.76. The van der Waals surface area contributed by atoms with Crippen LogP contribution in [0.4, 0.5) is 5.82 Å². The highest BCUT2D eigenvalue weighted by atomic mass is 16.2. The van der Waals surface area contributed by atoms with Crippen LogP contribution in [0.15, 0.2) is 36.8 Å². The van der Waals surface area contributed by atoms with Gasteiger partial charge in [0.05, 0.1) is 12.2 Å². The number of pyridine rings is 1. The van der Waals surface area contributed by atoms with Crippen LogP contribution >= 0.6 is 0 Å². The minimum absolute atomic E-state index is 0.0372. The second kappa shape index (κ2) is 7.69. The van der Waals surface area contributed by atoms with Gasteiger partial charge in [0.25, 0.3) is 5.91 Å². The topological polar surface area (TPSA) is 91.3 Å². The lowest BCUT2D eigenvalue weighted by Gasteiger charge is -2.34. The predicted octanol–water partition coefficient (Wildman–Crippen LogP) is 0.788. The van der Waals surface area contributed by atoms with Crippen LogP contribution in [0.2, 0.25) is 0 Å². The number of rotatable bonds is 4. The van der Waals surface area contributed by atoms with Crippen molar-refractivity contribution in [2.24, 2.45) is 0 Å². The van der Waals surface area contributed by atoms with Gasteiger partial charge in [-0.05, 0) is 12.1 Å². The van der Waals surface area contributed by atoms with Crippen LogP contribution in [-0.2, 0) is 11.3 Å². The summed E-state index contributed by atoms with van der Waals surface area (Å²) >= 11 is 0. The zero-order chi connectivity index (χ0) is 17.6. The molecule has 3 heterocycles. The van der Waals surface area contributed by atoms with Gasteiger partial charge in [-0.2, -0.15) is 0 Å². The van der Waals surface area contributed by atoms with E-state index in [-0.39, 0.29) is 11.8 Å². The number of hydrogen-bond donors (Lipinski definition) is 1. The molecule has 2 aromatic rings. The van der Waals surface area contributed by atoms with Gasteiger partial charge in [-0.1, -0.05) is 6.07 Å². The molecule has 25 heavy (non-hydrogen) atoms. The van der Waals surface area contributed by atoms with Gasteiger partial charge >= 0.3 is 0 Å². The summed E-state index contributed by atoms with van der Waals surface area (Å²) in [4.78, 5) is 39.9. The standard InChI is InChI=1S/C17H20N6O2/c1-13(24)22-6-8-23(9-7-22)17(25)15-10-16(21-12-20-15)19-11-14-4-2-3-5-18-14/h2-5,10,12H,6-9,11H2,1H3,(H,19,20,21). The number of nitrogens with one attached hydrogen (secondary N) is 1. The van der Waals surface area contributed by atoms with Crippen LogP contribution in [-0.4, -0.2) is 62.7 Å². The first-order valence-corrected chi connectivity index (χ1v) is 8.14. The monoisotopic (exact) mass is 340 g/mol. The molecule has 0 bridgehead atoms. The van der Waals surface area contributed by atoms with Gasteiger partial charge in [0.2, 0.25) is 5.91 Å². The Morgan fingerprint density at radius 3 is 2.52 bits per heavy atom. The first-order chi connectivity index (χ1) is 12.1. The Hall–Kier alpha value is -3.03. The summed E-state index contributed by atoms with van der Waals surface area (Å²) in [6.45, 7) is 4.19. The molecular formula is C17H20N6O2. The molecule has 0 atom stereocenters. The highest BCUT2D eigenvalue weighted by Gasteiger charge is 2.24. The van der Waals surface area contributed by atoms with Gasteiger partial charge in [0.1, 0.15) is 17.8 Å². The normalized spacial score (nSPS) is 14.3. The SMILES string of the molecule is CC(=O)N1CCN(C(=O)c2cc(NCc3ccccn3)ncn2)CC1. The molecule has 1 saturated heterocycles. The van der Waals surface area contributed by atoms with Crippen molar-refractivity contribution in [1.29, 1.82) is 0 Å². The van der Waals surface area contributed by atoms with Gasteiger partial charge in [0, 0.05) is 45.4 Å². The van der Waals surface area contributed by atoms with Gasteiger partial charge in [-0.25, -0.2) is 9.97 Å². The molecule has 0 saturated carbocycles. The molecule has 3 rings (SSSR count). The Morgan fingerprint density at radius 1 is 1.08 bits per heavy atom. The van der Waals surface area contributed by atoms with E-state index in [1.807, 2.05) is 18.2 Å². The highest BCUT2D eigenvalue weighted by molar-refractivity contribution is 5.93. The van der Waals surface area contributed by atoms with Crippen molar-refractivity contribution in [2.75, 3.05) is 31.5 Å². The lowest BCUT2D eigenvalue weighted by atomic mass is 10.2. The Kier molecular flexibility index (Phi) is 5.17. The molecule has 2 aromatic heterocycles. The summed E-state index contributed by atoms with van der Waals surface area (Å²) in [7, 11) is 0. The first kappa shape index (κ1) is 16.8. The fraction of sp³-hybridized carbons (Fsp3) is 0.353. The molecule has 1 fully saturated rings. The summed E-state index contributed by atoms with van der Waals surface area (Å²) in [5.74, 6) is 0.466. The maximum absolute atomic E-state index is 12.6. The van der Waals surface area contributed by atoms with Gasteiger partial charge in [-0.3, -0.25) is 14.6 Å². The van der Waals surface area contributed by atoms with Gasteiger partial charge in [0.15, 0.2) is 0 Å². The van der Waals surface area contributed by atoms with Crippen molar-refractivity contribution in [3.63, 3.8) is 0 Å². The third-order valence-corrected chi connectivity index (χ3v) is 4.08. The average Bonchev–Trinajstić information content (AvgIpc) is 2.67. The fourth-order valence-electron chi connectivity index (χ4n) is 2.64. The number of aromatic nitrogens is 3. The largest absolute Gasteiger partial charge is 0.364 e. The van der Waals surface area contributed by atoms with Crippen LogP contribution in [0.1, 0.15) is 23.1 Å². The molecule has 0 radical (unpaired) electrons. The molecule has 0 spiro atoms. The Balaban J connectivity index is 1.61. The zero-order valence-corrected chi connectivity index (χ0v) is 14.1. The van der Waals surface area contributed by atoms with E-state index in [9.17, 15) is 9.59 Å². The molecule has 0 unspecified atom stereocenters. The lowest BCUT2D eigenvalue weighted by Crippen LogP contribution is -2.50. The van der Waals surface area contributed by atoms with E-state index in [1.165, 1.54) is 6.33 Å². The minimum atomic E-state index is -0.147. The summed E-state index contributed by atoms with van der Waals surface area (Å²) in [5, 5.41) is 3.14. The highest BCUT2D eigenvalue weighted by Crippen LogP contribution is 2.11. The van der Waals surface area contributed by atoms with E-state index in [0.29, 0.717) is 44.2 Å². The van der Waals surface area contributed by atoms with Crippen LogP contribution in [0, 0.1) is 0 Å². The number of carbonyl (C=O) groups is 2. The van der Waals surface area contributed by atoms with Crippen molar-refractivity contribution >= 4 is 17.6 Å². The maximum Gasteiger partial charge on any atom is 0.272 e. The summed E-state index contributed by atoms with van der Waals surface area (Å²) < 4.78 is 0. The molecule has 2 amide bonds. The van der Waals surface area contributed by atoms with Crippen molar-refractivity contribution in [2.45, 2.75) is 13.5 Å². The smallest absolute Gasteiger partial charge is 0.272 e. The van der Waals surface area contributed by atoms with Crippen LogP contribution in [0.25, 0.3) is 0 Å². The van der Waals surface area contributed by atoms with E-state index >= 15 is 0 Å². The molecule has 1 aliphatic rings. The van der Waals surface area contributed by atoms with Crippen LogP contribution < -0.4 is 5.32 Å². The second-order valence-electron chi connectivity index (χ2n) is 5.76. The van der Waals surface area contributed by atoms with Crippen molar-refractivity contribution < 1.29 is 9.59 Å². The minimum Gasteiger partial charge on any atom is -0.364 e. The Labute approximate surface area is 145 Å². The number of piperazine rings is 1. The molecule has 1 aliphatic heterocycles. The third kappa shape index (κ3) is 4.28. The maximum atomic E-state index is 12.6. The molecule has 0 aliphatic carbocycles. The number of carbonyl (C=O) groups excluding carboxylic acids is 2. The molecular weight excluding hydrogens is 320 g/mol. The van der Waals surface area contributed by atoms with E-state index in [2.05, 4.69) is 20.3 Å². The predicted molar refractivity (Wildman–Crippen MR) is 91.8 cm³/mol. The number of amides is 2.